The number of carbonyl (C=O) groups excluding carboxylic acids is 2. The molecule has 2 heterocycles. The molecule has 0 bridgehead atoms. The Kier molecular flexibility index (Phi) is 5.47. The second-order valence-corrected chi connectivity index (χ2v) is 7.37. The first kappa shape index (κ1) is 19.0. The Hall–Kier alpha value is -3.34. The lowest BCUT2D eigenvalue weighted by Gasteiger charge is -2.25. The van der Waals surface area contributed by atoms with Crippen LogP contribution in [0.2, 0.25) is 0 Å². The standard InChI is InChI=1S/C24H23NO4/c1-16(9-11-20-8-5-13-28-20)25-23(26)18-10-12-21-19(14-18)15-22(29-24(21)27)17-6-3-2-4-7-17/h2-8,10,12-14,16,22H,9,11,15H2,1H3,(H,25,26). The van der Waals surface area contributed by atoms with E-state index in [-0.39, 0.29) is 24.0 Å². The highest BCUT2D eigenvalue weighted by atomic mass is 16.5. The molecule has 1 aromatic heterocycles. The summed E-state index contributed by atoms with van der Waals surface area (Å²) in [5, 5.41) is 3.02. The second kappa shape index (κ2) is 8.35. The molecule has 1 aliphatic heterocycles. The van der Waals surface area contributed by atoms with Gasteiger partial charge in [0.25, 0.3) is 5.91 Å². The van der Waals surface area contributed by atoms with Gasteiger partial charge in [-0.2, -0.15) is 0 Å². The summed E-state index contributed by atoms with van der Waals surface area (Å²) in [5.74, 6) is 0.416. The molecular formula is C24H23NO4. The molecule has 5 nitrogen and oxygen atoms in total. The lowest BCUT2D eigenvalue weighted by Crippen LogP contribution is -2.33. The van der Waals surface area contributed by atoms with Crippen molar-refractivity contribution in [3.8, 4) is 0 Å². The number of furan rings is 1. The fourth-order valence-electron chi connectivity index (χ4n) is 3.58. The van der Waals surface area contributed by atoms with Gasteiger partial charge < -0.3 is 14.5 Å². The third kappa shape index (κ3) is 4.40. The normalized spacial score (nSPS) is 16.6. The lowest BCUT2D eigenvalue weighted by atomic mass is 9.93. The highest BCUT2D eigenvalue weighted by Crippen LogP contribution is 2.31. The third-order valence-corrected chi connectivity index (χ3v) is 5.19. The Bertz CT molecular complexity index is 995. The zero-order valence-electron chi connectivity index (χ0n) is 16.3. The molecule has 5 heteroatoms. The summed E-state index contributed by atoms with van der Waals surface area (Å²) in [7, 11) is 0. The van der Waals surface area contributed by atoms with Gasteiger partial charge in [0.1, 0.15) is 11.9 Å². The van der Waals surface area contributed by atoms with E-state index in [2.05, 4.69) is 5.32 Å². The van der Waals surface area contributed by atoms with E-state index in [0.717, 1.165) is 29.7 Å². The molecule has 1 amide bonds. The molecule has 3 aromatic rings. The Labute approximate surface area is 169 Å². The lowest BCUT2D eigenvalue weighted by molar-refractivity contribution is 0.0252. The second-order valence-electron chi connectivity index (χ2n) is 7.37. The minimum atomic E-state index is -0.348. The molecule has 2 atom stereocenters. The molecular weight excluding hydrogens is 366 g/mol. The number of ether oxygens (including phenoxy) is 1. The monoisotopic (exact) mass is 389 g/mol. The van der Waals surface area contributed by atoms with Gasteiger partial charge in [0.2, 0.25) is 0 Å². The highest BCUT2D eigenvalue weighted by molar-refractivity contribution is 5.97. The maximum Gasteiger partial charge on any atom is 0.339 e. The van der Waals surface area contributed by atoms with Gasteiger partial charge in [0.15, 0.2) is 0 Å². The Morgan fingerprint density at radius 1 is 1.14 bits per heavy atom. The van der Waals surface area contributed by atoms with Crippen molar-refractivity contribution in [1.29, 1.82) is 0 Å². The SMILES string of the molecule is CC(CCc1ccco1)NC(=O)c1ccc2c(c1)CC(c1ccccc1)OC2=O. The number of rotatable bonds is 6. The number of benzene rings is 2. The summed E-state index contributed by atoms with van der Waals surface area (Å²) in [4.78, 5) is 25.1. The van der Waals surface area contributed by atoms with Crippen LogP contribution in [0.1, 0.15) is 57.1 Å². The van der Waals surface area contributed by atoms with Gasteiger partial charge in [-0.05, 0) is 54.8 Å². The molecule has 2 unspecified atom stereocenters. The zero-order valence-corrected chi connectivity index (χ0v) is 16.3. The van der Waals surface area contributed by atoms with Crippen LogP contribution in [0.5, 0.6) is 0 Å². The number of hydrogen-bond acceptors (Lipinski definition) is 4. The highest BCUT2D eigenvalue weighted by Gasteiger charge is 2.28. The van der Waals surface area contributed by atoms with Crippen molar-refractivity contribution < 1.29 is 18.7 Å². The van der Waals surface area contributed by atoms with Gasteiger partial charge in [-0.15, -0.1) is 0 Å². The zero-order chi connectivity index (χ0) is 20.2. The molecule has 0 saturated carbocycles. The van der Waals surface area contributed by atoms with Gasteiger partial charge in [-0.3, -0.25) is 4.79 Å². The number of fused-ring (bicyclic) bond motifs is 1. The maximum absolute atomic E-state index is 12.7. The van der Waals surface area contributed by atoms with E-state index < -0.39 is 0 Å². The Morgan fingerprint density at radius 2 is 1.97 bits per heavy atom. The predicted molar refractivity (Wildman–Crippen MR) is 109 cm³/mol. The molecule has 0 aliphatic carbocycles. The van der Waals surface area contributed by atoms with Gasteiger partial charge in [-0.25, -0.2) is 4.79 Å². The molecule has 2 aromatic carbocycles. The minimum Gasteiger partial charge on any atom is -0.469 e. The van der Waals surface area contributed by atoms with Gasteiger partial charge in [-0.1, -0.05) is 30.3 Å². The first-order chi connectivity index (χ1) is 14.1. The molecule has 1 N–H and O–H groups in total. The van der Waals surface area contributed by atoms with Crippen LogP contribution < -0.4 is 5.32 Å². The first-order valence-electron chi connectivity index (χ1n) is 9.82. The van der Waals surface area contributed by atoms with Crippen molar-refractivity contribution in [1.82, 2.24) is 5.32 Å². The van der Waals surface area contributed by atoms with Crippen molar-refractivity contribution in [3.05, 3.63) is 94.9 Å². The summed E-state index contributed by atoms with van der Waals surface area (Å²) in [6.07, 6.45) is 3.43. The Balaban J connectivity index is 1.44. The van der Waals surface area contributed by atoms with E-state index in [4.69, 9.17) is 9.15 Å². The van der Waals surface area contributed by atoms with E-state index >= 15 is 0 Å². The number of carbonyl (C=O) groups is 2. The molecule has 0 radical (unpaired) electrons. The minimum absolute atomic E-state index is 0.00525. The third-order valence-electron chi connectivity index (χ3n) is 5.19. The Morgan fingerprint density at radius 3 is 2.72 bits per heavy atom. The van der Waals surface area contributed by atoms with Gasteiger partial charge in [0.05, 0.1) is 11.8 Å². The fourth-order valence-corrected chi connectivity index (χ4v) is 3.58. The number of aryl methyl sites for hydroxylation is 1. The molecule has 148 valence electrons. The predicted octanol–water partition coefficient (Wildman–Crippen LogP) is 4.48. The summed E-state index contributed by atoms with van der Waals surface area (Å²) in [5.41, 5.74) is 2.87. The average molecular weight is 389 g/mol. The van der Waals surface area contributed by atoms with Crippen LogP contribution in [-0.4, -0.2) is 17.9 Å². The number of esters is 1. The maximum atomic E-state index is 12.7. The summed E-state index contributed by atoms with van der Waals surface area (Å²) >= 11 is 0. The molecule has 0 saturated heterocycles. The van der Waals surface area contributed by atoms with Crippen molar-refractivity contribution >= 4 is 11.9 Å². The van der Waals surface area contributed by atoms with Crippen LogP contribution in [0, 0.1) is 0 Å². The van der Waals surface area contributed by atoms with Crippen LogP contribution in [0.3, 0.4) is 0 Å². The largest absolute Gasteiger partial charge is 0.469 e. The summed E-state index contributed by atoms with van der Waals surface area (Å²) < 4.78 is 10.9. The van der Waals surface area contributed by atoms with Gasteiger partial charge in [0, 0.05) is 24.4 Å². The topological polar surface area (TPSA) is 68.5 Å². The van der Waals surface area contributed by atoms with E-state index in [9.17, 15) is 9.59 Å². The van der Waals surface area contributed by atoms with Crippen LogP contribution in [0.15, 0.2) is 71.3 Å². The number of amides is 1. The van der Waals surface area contributed by atoms with Crippen molar-refractivity contribution in [2.45, 2.75) is 38.3 Å². The van der Waals surface area contributed by atoms with Crippen LogP contribution in [0.25, 0.3) is 0 Å². The van der Waals surface area contributed by atoms with E-state index in [0.29, 0.717) is 17.5 Å². The number of hydrogen-bond donors (Lipinski definition) is 1. The van der Waals surface area contributed by atoms with E-state index in [1.807, 2.05) is 49.4 Å². The summed E-state index contributed by atoms with van der Waals surface area (Å²) in [6.45, 7) is 1.97. The van der Waals surface area contributed by atoms with Crippen LogP contribution in [0.4, 0.5) is 0 Å². The molecule has 4 rings (SSSR count). The molecule has 29 heavy (non-hydrogen) atoms. The van der Waals surface area contributed by atoms with Gasteiger partial charge >= 0.3 is 5.97 Å². The number of nitrogens with one attached hydrogen (secondary N) is 1. The van der Waals surface area contributed by atoms with E-state index in [1.54, 1.807) is 24.5 Å². The molecule has 1 aliphatic rings. The average Bonchev–Trinajstić information content (AvgIpc) is 3.26. The van der Waals surface area contributed by atoms with Crippen LogP contribution >= 0.6 is 0 Å². The quantitative estimate of drug-likeness (QED) is 0.631. The van der Waals surface area contributed by atoms with E-state index in [1.165, 1.54) is 0 Å². The van der Waals surface area contributed by atoms with Crippen molar-refractivity contribution in [2.24, 2.45) is 0 Å². The number of cyclic esters (lactones) is 1. The first-order valence-corrected chi connectivity index (χ1v) is 9.82. The van der Waals surface area contributed by atoms with Crippen molar-refractivity contribution in [2.75, 3.05) is 0 Å². The van der Waals surface area contributed by atoms with Crippen molar-refractivity contribution in [3.63, 3.8) is 0 Å². The van der Waals surface area contributed by atoms with Crippen LogP contribution in [-0.2, 0) is 17.6 Å². The fraction of sp³-hybridized carbons (Fsp3) is 0.250. The smallest absolute Gasteiger partial charge is 0.339 e. The molecule has 0 spiro atoms. The summed E-state index contributed by atoms with van der Waals surface area (Å²) in [6, 6.07) is 18.6. The molecule has 0 fully saturated rings.